The summed E-state index contributed by atoms with van der Waals surface area (Å²) in [4.78, 5) is 25.2. The average Bonchev–Trinajstić information content (AvgIpc) is 2.85. The van der Waals surface area contributed by atoms with Crippen molar-refractivity contribution < 1.29 is 35.7 Å². The van der Waals surface area contributed by atoms with E-state index in [2.05, 4.69) is 5.32 Å². The first-order valence-electron chi connectivity index (χ1n) is 12.5. The highest BCUT2D eigenvalue weighted by Crippen LogP contribution is 2.27. The van der Waals surface area contributed by atoms with E-state index < -0.39 is 51.0 Å². The Bertz CT molecular complexity index is 1430. The number of halogens is 2. The molecule has 0 saturated carbocycles. The largest absolute Gasteiger partial charge is 0.444 e. The van der Waals surface area contributed by atoms with Gasteiger partial charge in [-0.1, -0.05) is 42.5 Å². The van der Waals surface area contributed by atoms with E-state index in [1.807, 2.05) is 0 Å². The summed E-state index contributed by atoms with van der Waals surface area (Å²) in [5, 5.41) is 2.75. The molecule has 0 aliphatic carbocycles. The van der Waals surface area contributed by atoms with Crippen LogP contribution in [0, 0.1) is 11.6 Å². The van der Waals surface area contributed by atoms with E-state index in [-0.39, 0.29) is 18.6 Å². The van der Waals surface area contributed by atoms with Gasteiger partial charge in [0.05, 0.1) is 11.6 Å². The van der Waals surface area contributed by atoms with Crippen LogP contribution in [-0.4, -0.2) is 44.3 Å². The third-order valence-electron chi connectivity index (χ3n) is 5.74. The van der Waals surface area contributed by atoms with E-state index in [1.165, 1.54) is 32.3 Å². The third-order valence-corrected chi connectivity index (χ3v) is 7.04. The molecule has 0 aromatic heterocycles. The van der Waals surface area contributed by atoms with Crippen LogP contribution in [0.25, 0.3) is 11.1 Å². The number of benzene rings is 3. The average molecular weight is 575 g/mol. The van der Waals surface area contributed by atoms with Gasteiger partial charge in [-0.15, -0.1) is 0 Å². The maximum absolute atomic E-state index is 14.1. The van der Waals surface area contributed by atoms with Crippen molar-refractivity contribution in [2.75, 3.05) is 14.1 Å². The van der Waals surface area contributed by atoms with Gasteiger partial charge in [0.15, 0.2) is 5.78 Å². The topological polar surface area (TPSA) is 102 Å². The number of nitrogens with zero attached hydrogens (tertiary/aromatic N) is 1. The first-order valence-corrected chi connectivity index (χ1v) is 13.8. The molecule has 3 rings (SSSR count). The number of ketones is 1. The highest BCUT2D eigenvalue weighted by Gasteiger charge is 2.24. The van der Waals surface area contributed by atoms with Crippen LogP contribution in [0.15, 0.2) is 66.7 Å². The molecule has 0 aliphatic heterocycles. The predicted molar refractivity (Wildman–Crippen MR) is 147 cm³/mol. The molecule has 0 spiro atoms. The molecule has 11 heteroatoms. The van der Waals surface area contributed by atoms with E-state index in [4.69, 9.17) is 8.92 Å². The number of hydrogen-bond acceptors (Lipinski definition) is 6. The molecule has 1 atom stereocenters. The SMILES string of the molecule is CN(C)S(=O)(=O)Oc1ccc(-c2ccc(C(CCC(=O)c3c(F)cccc3F)NC(=O)OC(C)(C)C)cc2)cc1. The molecule has 0 fully saturated rings. The fourth-order valence-electron chi connectivity index (χ4n) is 3.74. The van der Waals surface area contributed by atoms with Crippen molar-refractivity contribution in [3.8, 4) is 16.9 Å². The van der Waals surface area contributed by atoms with Crippen LogP contribution in [-0.2, 0) is 15.0 Å². The number of alkyl carbamates (subject to hydrolysis) is 1. The molecule has 0 aliphatic rings. The molecule has 0 heterocycles. The Morgan fingerprint density at radius 2 is 1.43 bits per heavy atom. The molecule has 0 bridgehead atoms. The number of amides is 1. The second kappa shape index (κ2) is 12.6. The number of carbonyl (C=O) groups is 2. The molecule has 3 aromatic rings. The van der Waals surface area contributed by atoms with Gasteiger partial charge in [0, 0.05) is 20.5 Å². The maximum Gasteiger partial charge on any atom is 0.408 e. The lowest BCUT2D eigenvalue weighted by Gasteiger charge is -2.24. The minimum absolute atomic E-state index is 0.0670. The molecular formula is C29H32F2N2O6S. The summed E-state index contributed by atoms with van der Waals surface area (Å²) in [5.41, 5.74) is 0.856. The van der Waals surface area contributed by atoms with Gasteiger partial charge in [0.1, 0.15) is 23.0 Å². The molecule has 0 radical (unpaired) electrons. The van der Waals surface area contributed by atoms with E-state index in [1.54, 1.807) is 57.2 Å². The van der Waals surface area contributed by atoms with Crippen molar-refractivity contribution in [1.82, 2.24) is 9.62 Å². The van der Waals surface area contributed by atoms with Gasteiger partial charge in [0.25, 0.3) is 0 Å². The molecule has 8 nitrogen and oxygen atoms in total. The third kappa shape index (κ3) is 8.33. The zero-order valence-electron chi connectivity index (χ0n) is 22.9. The van der Waals surface area contributed by atoms with E-state index >= 15 is 0 Å². The van der Waals surface area contributed by atoms with Gasteiger partial charge < -0.3 is 14.2 Å². The van der Waals surface area contributed by atoms with Gasteiger partial charge in [-0.05, 0) is 68.1 Å². The Labute approximate surface area is 233 Å². The highest BCUT2D eigenvalue weighted by atomic mass is 32.2. The van der Waals surface area contributed by atoms with Crippen LogP contribution in [0.2, 0.25) is 0 Å². The smallest absolute Gasteiger partial charge is 0.408 e. The molecular weight excluding hydrogens is 542 g/mol. The van der Waals surface area contributed by atoms with Gasteiger partial charge in [-0.2, -0.15) is 12.7 Å². The van der Waals surface area contributed by atoms with Crippen molar-refractivity contribution in [1.29, 1.82) is 0 Å². The lowest BCUT2D eigenvalue weighted by molar-refractivity contribution is 0.0498. The highest BCUT2D eigenvalue weighted by molar-refractivity contribution is 7.84. The van der Waals surface area contributed by atoms with Crippen LogP contribution >= 0.6 is 0 Å². The summed E-state index contributed by atoms with van der Waals surface area (Å²) in [5.74, 6) is -2.45. The van der Waals surface area contributed by atoms with Crippen molar-refractivity contribution >= 4 is 22.2 Å². The number of hydrogen-bond donors (Lipinski definition) is 1. The van der Waals surface area contributed by atoms with Crippen LogP contribution in [0.4, 0.5) is 13.6 Å². The normalized spacial score (nSPS) is 12.6. The molecule has 3 aromatic carbocycles. The van der Waals surface area contributed by atoms with Gasteiger partial charge in [-0.3, -0.25) is 4.79 Å². The minimum Gasteiger partial charge on any atom is -0.444 e. The summed E-state index contributed by atoms with van der Waals surface area (Å²) in [6.07, 6.45) is -0.857. The van der Waals surface area contributed by atoms with Crippen LogP contribution in [0.5, 0.6) is 5.75 Å². The van der Waals surface area contributed by atoms with Crippen LogP contribution in [0.1, 0.15) is 55.6 Å². The molecule has 1 amide bonds. The Balaban J connectivity index is 1.79. The summed E-state index contributed by atoms with van der Waals surface area (Å²) in [6, 6.07) is 16.1. The summed E-state index contributed by atoms with van der Waals surface area (Å²) in [6.45, 7) is 5.15. The standard InChI is InChI=1S/C29H32F2N2O6S/c1-29(2,3)38-28(35)32-25(17-18-26(34)27-23(30)7-6-8-24(27)31)21-11-9-19(10-12-21)20-13-15-22(16-14-20)39-40(36,37)33(4)5/h6-16,25H,17-18H2,1-5H3,(H,32,35). The lowest BCUT2D eigenvalue weighted by Crippen LogP contribution is -2.35. The first kappa shape index (κ1) is 30.7. The number of Topliss-reactive ketones (excluding diaryl/α,β-unsaturated/α-hetero) is 1. The second-order valence-electron chi connectivity index (χ2n) is 10.2. The minimum atomic E-state index is -3.88. The van der Waals surface area contributed by atoms with Crippen LogP contribution < -0.4 is 9.50 Å². The molecule has 1 N–H and O–H groups in total. The monoisotopic (exact) mass is 574 g/mol. The van der Waals surface area contributed by atoms with Crippen molar-refractivity contribution in [3.05, 3.63) is 89.5 Å². The number of nitrogens with one attached hydrogen (secondary N) is 1. The quantitative estimate of drug-likeness (QED) is 0.296. The van der Waals surface area contributed by atoms with E-state index in [0.717, 1.165) is 27.6 Å². The second-order valence-corrected chi connectivity index (χ2v) is 12.0. The van der Waals surface area contributed by atoms with E-state index in [9.17, 15) is 26.8 Å². The maximum atomic E-state index is 14.1. The Hall–Kier alpha value is -3.83. The van der Waals surface area contributed by atoms with Crippen molar-refractivity contribution in [3.63, 3.8) is 0 Å². The van der Waals surface area contributed by atoms with Crippen molar-refractivity contribution in [2.24, 2.45) is 0 Å². The molecule has 214 valence electrons. The summed E-state index contributed by atoms with van der Waals surface area (Å²) >= 11 is 0. The van der Waals surface area contributed by atoms with Gasteiger partial charge in [0.2, 0.25) is 0 Å². The van der Waals surface area contributed by atoms with E-state index in [0.29, 0.717) is 5.56 Å². The Morgan fingerprint density at radius 1 is 0.900 bits per heavy atom. The molecule has 1 unspecified atom stereocenters. The fourth-order valence-corrected chi connectivity index (χ4v) is 4.25. The summed E-state index contributed by atoms with van der Waals surface area (Å²) < 4.78 is 63.4. The number of carbonyl (C=O) groups excluding carboxylic acids is 2. The molecule has 0 saturated heterocycles. The predicted octanol–water partition coefficient (Wildman–Crippen LogP) is 6.05. The first-order chi connectivity index (χ1) is 18.7. The van der Waals surface area contributed by atoms with Crippen molar-refractivity contribution in [2.45, 2.75) is 45.3 Å². The van der Waals surface area contributed by atoms with Gasteiger partial charge in [-0.25, -0.2) is 13.6 Å². The Morgan fingerprint density at radius 3 is 1.93 bits per heavy atom. The number of ether oxygens (including phenoxy) is 1. The summed E-state index contributed by atoms with van der Waals surface area (Å²) in [7, 11) is -1.15. The lowest BCUT2D eigenvalue weighted by atomic mass is 9.96. The van der Waals surface area contributed by atoms with Gasteiger partial charge >= 0.3 is 16.4 Å². The Kier molecular flexibility index (Phi) is 9.65. The molecule has 40 heavy (non-hydrogen) atoms. The zero-order valence-corrected chi connectivity index (χ0v) is 23.7. The fraction of sp³-hybridized carbons (Fsp3) is 0.310. The zero-order chi connectivity index (χ0) is 29.7. The number of rotatable bonds is 10. The van der Waals surface area contributed by atoms with Crippen LogP contribution in [0.3, 0.4) is 0 Å².